The maximum absolute atomic E-state index is 13.7. The van der Waals surface area contributed by atoms with Crippen LogP contribution in [0.5, 0.6) is 5.75 Å². The molecule has 7 heteroatoms. The molecule has 3 aliphatic carbocycles. The van der Waals surface area contributed by atoms with Gasteiger partial charge < -0.3 is 19.9 Å². The Hall–Kier alpha value is -2.25. The summed E-state index contributed by atoms with van der Waals surface area (Å²) in [6.07, 6.45) is 7.25. The maximum atomic E-state index is 13.7. The molecule has 0 aromatic carbocycles. The molecule has 0 radical (unpaired) electrons. The van der Waals surface area contributed by atoms with Gasteiger partial charge in [-0.05, 0) is 42.9 Å². The fourth-order valence-corrected chi connectivity index (χ4v) is 6.23. The summed E-state index contributed by atoms with van der Waals surface area (Å²) < 4.78 is 5.36. The molecule has 8 atom stereocenters. The summed E-state index contributed by atoms with van der Waals surface area (Å²) in [5.41, 5.74) is -2.49. The van der Waals surface area contributed by atoms with Gasteiger partial charge >= 0.3 is 0 Å². The Bertz CT molecular complexity index is 1030. The lowest BCUT2D eigenvalue weighted by Gasteiger charge is -2.42. The van der Waals surface area contributed by atoms with Crippen molar-refractivity contribution in [3.05, 3.63) is 39.8 Å². The Balaban J connectivity index is 1.53. The van der Waals surface area contributed by atoms with Crippen LogP contribution >= 0.6 is 0 Å². The van der Waals surface area contributed by atoms with Crippen LogP contribution in [0.15, 0.2) is 23.1 Å². The molecule has 2 heterocycles. The number of allylic oxidation sites excluding steroid dienone is 2. The van der Waals surface area contributed by atoms with Gasteiger partial charge in [0, 0.05) is 24.1 Å². The summed E-state index contributed by atoms with van der Waals surface area (Å²) in [6.45, 7) is 4.20. The number of aromatic hydroxyl groups is 1. The largest absolute Gasteiger partial charge is 0.507 e. The van der Waals surface area contributed by atoms with E-state index < -0.39 is 35.0 Å². The highest BCUT2D eigenvalue weighted by Crippen LogP contribution is 2.50. The lowest BCUT2D eigenvalue weighted by Crippen LogP contribution is -2.42. The number of hydrogen-bond donors (Lipinski definition) is 3. The van der Waals surface area contributed by atoms with Crippen LogP contribution < -0.4 is 5.56 Å². The molecule has 1 saturated heterocycles. The van der Waals surface area contributed by atoms with Gasteiger partial charge in [-0.15, -0.1) is 0 Å². The number of ether oxygens (including phenoxy) is 1. The molecule has 31 heavy (non-hydrogen) atoms. The van der Waals surface area contributed by atoms with Crippen molar-refractivity contribution in [1.29, 1.82) is 0 Å². The Morgan fingerprint density at radius 2 is 2.00 bits per heavy atom. The summed E-state index contributed by atoms with van der Waals surface area (Å²) in [7, 11) is 0. The number of aromatic nitrogens is 1. The summed E-state index contributed by atoms with van der Waals surface area (Å²) >= 11 is 0. The van der Waals surface area contributed by atoms with Crippen molar-refractivity contribution in [2.45, 2.75) is 63.8 Å². The minimum absolute atomic E-state index is 0.0452. The van der Waals surface area contributed by atoms with E-state index in [1.54, 1.807) is 0 Å². The van der Waals surface area contributed by atoms with E-state index in [2.05, 4.69) is 24.1 Å². The number of nitrogens with one attached hydrogen (secondary N) is 1. The second-order valence-corrected chi connectivity index (χ2v) is 10.0. The molecule has 0 spiro atoms. The third-order valence-electron chi connectivity index (χ3n) is 8.02. The number of pyridine rings is 1. The third kappa shape index (κ3) is 3.12. The third-order valence-corrected chi connectivity index (χ3v) is 8.02. The predicted octanol–water partition coefficient (Wildman–Crippen LogP) is 2.46. The van der Waals surface area contributed by atoms with Crippen LogP contribution in [0.3, 0.4) is 0 Å². The summed E-state index contributed by atoms with van der Waals surface area (Å²) in [6, 6.07) is 0. The zero-order valence-electron chi connectivity index (χ0n) is 17.8. The van der Waals surface area contributed by atoms with Crippen LogP contribution in [0.2, 0.25) is 0 Å². The zero-order valence-corrected chi connectivity index (χ0v) is 17.8. The number of Topliss-reactive ketones (excluding diaryl/α,β-unsaturated/α-hetero) is 2. The second-order valence-electron chi connectivity index (χ2n) is 10.0. The number of carbonyl (C=O) groups is 2. The molecule has 7 nitrogen and oxygen atoms in total. The number of aromatic amines is 1. The molecule has 5 rings (SSSR count). The quantitative estimate of drug-likeness (QED) is 0.387. The smallest absolute Gasteiger partial charge is 0.262 e. The van der Waals surface area contributed by atoms with Gasteiger partial charge in [0.05, 0.1) is 0 Å². The molecular formula is C24H29NO6. The van der Waals surface area contributed by atoms with Gasteiger partial charge in [-0.3, -0.25) is 14.4 Å². The normalized spacial score (nSPS) is 41.4. The van der Waals surface area contributed by atoms with Gasteiger partial charge in [-0.25, -0.2) is 0 Å². The van der Waals surface area contributed by atoms with E-state index in [1.807, 2.05) is 6.92 Å². The Morgan fingerprint density at radius 1 is 1.23 bits per heavy atom. The number of carbonyl (C=O) groups excluding carboxylic acids is 2. The van der Waals surface area contributed by atoms with Crippen molar-refractivity contribution in [3.8, 4) is 5.75 Å². The first-order chi connectivity index (χ1) is 14.7. The van der Waals surface area contributed by atoms with Crippen molar-refractivity contribution in [1.82, 2.24) is 4.98 Å². The molecule has 0 amide bonds. The van der Waals surface area contributed by atoms with Crippen LogP contribution in [-0.2, 0) is 15.1 Å². The molecule has 1 aromatic heterocycles. The standard InChI is InChI=1S/C24H29NO6/c1-11-3-6-14-13(9-11)5-4-12(2)17(14)20(28)18-19(27)15(10-25-23(18)29)24(30)8-7-16(26)21-22(24)31-21/h4-5,10-14,17,21-22,30H,3,6-9H2,1-2H3,(H2,25,27,29)/t11-,12-,13-,14-,17-,21-,22-,24+/m0/s1. The summed E-state index contributed by atoms with van der Waals surface area (Å²) in [5, 5.41) is 22.3. The van der Waals surface area contributed by atoms with Gasteiger partial charge in [0.15, 0.2) is 11.6 Å². The van der Waals surface area contributed by atoms with Gasteiger partial charge in [-0.2, -0.15) is 0 Å². The highest BCUT2D eigenvalue weighted by Gasteiger charge is 2.62. The molecule has 0 unspecified atom stereocenters. The van der Waals surface area contributed by atoms with Crippen LogP contribution in [-0.4, -0.2) is 39.0 Å². The second kappa shape index (κ2) is 7.14. The van der Waals surface area contributed by atoms with Crippen LogP contribution in [0.25, 0.3) is 0 Å². The Kier molecular flexibility index (Phi) is 4.75. The van der Waals surface area contributed by atoms with Gasteiger partial charge in [-0.1, -0.05) is 32.4 Å². The number of epoxide rings is 1. The molecule has 3 fully saturated rings. The first-order valence-corrected chi connectivity index (χ1v) is 11.3. The molecule has 4 aliphatic rings. The van der Waals surface area contributed by atoms with Crippen LogP contribution in [0, 0.1) is 29.6 Å². The van der Waals surface area contributed by atoms with E-state index in [4.69, 9.17) is 4.74 Å². The van der Waals surface area contributed by atoms with Crippen LogP contribution in [0.1, 0.15) is 61.9 Å². The average Bonchev–Trinajstić information content (AvgIpc) is 3.53. The molecular weight excluding hydrogens is 398 g/mol. The lowest BCUT2D eigenvalue weighted by molar-refractivity contribution is -0.123. The SMILES string of the molecule is C[C@H]1CC[C@@H]2[C@@H](C(=O)c3c(O)c([C@]4(O)CCC(=O)[C@@H]5O[C@@H]54)c[nH]c3=O)[C@@H](C)C=C[C@H]2C1. The molecule has 1 aliphatic heterocycles. The number of aliphatic hydroxyl groups is 1. The average molecular weight is 427 g/mol. The number of rotatable bonds is 3. The Labute approximate surface area is 180 Å². The highest BCUT2D eigenvalue weighted by atomic mass is 16.6. The van der Waals surface area contributed by atoms with Crippen molar-refractivity contribution in [3.63, 3.8) is 0 Å². The number of hydrogen-bond acceptors (Lipinski definition) is 6. The van der Waals surface area contributed by atoms with Crippen molar-refractivity contribution >= 4 is 11.6 Å². The summed E-state index contributed by atoms with van der Waals surface area (Å²) in [4.78, 5) is 40.8. The number of ketones is 2. The van der Waals surface area contributed by atoms with Crippen molar-refractivity contribution < 1.29 is 24.5 Å². The van der Waals surface area contributed by atoms with Gasteiger partial charge in [0.2, 0.25) is 0 Å². The monoisotopic (exact) mass is 427 g/mol. The summed E-state index contributed by atoms with van der Waals surface area (Å²) in [5.74, 6) is -0.327. The first-order valence-electron chi connectivity index (χ1n) is 11.3. The molecule has 3 N–H and O–H groups in total. The van der Waals surface area contributed by atoms with Crippen molar-refractivity contribution in [2.75, 3.05) is 0 Å². The minimum Gasteiger partial charge on any atom is -0.507 e. The molecule has 0 bridgehead atoms. The van der Waals surface area contributed by atoms with E-state index >= 15 is 0 Å². The maximum Gasteiger partial charge on any atom is 0.262 e. The van der Waals surface area contributed by atoms with E-state index in [9.17, 15) is 24.6 Å². The van der Waals surface area contributed by atoms with E-state index in [1.165, 1.54) is 6.20 Å². The topological polar surface area (TPSA) is 120 Å². The molecule has 166 valence electrons. The highest BCUT2D eigenvalue weighted by molar-refractivity contribution is 6.01. The zero-order chi connectivity index (χ0) is 22.1. The first kappa shape index (κ1) is 20.6. The van der Waals surface area contributed by atoms with Crippen LogP contribution in [0.4, 0.5) is 0 Å². The predicted molar refractivity (Wildman–Crippen MR) is 112 cm³/mol. The van der Waals surface area contributed by atoms with E-state index in [0.29, 0.717) is 11.8 Å². The van der Waals surface area contributed by atoms with E-state index in [0.717, 1.165) is 19.3 Å². The number of fused-ring (bicyclic) bond motifs is 2. The fraction of sp³-hybridized carbons (Fsp3) is 0.625. The minimum atomic E-state index is -1.61. The van der Waals surface area contributed by atoms with Crippen molar-refractivity contribution in [2.24, 2.45) is 29.6 Å². The van der Waals surface area contributed by atoms with Gasteiger partial charge in [0.1, 0.15) is 29.1 Å². The molecule has 2 saturated carbocycles. The number of H-pyrrole nitrogens is 1. The lowest BCUT2D eigenvalue weighted by atomic mass is 9.61. The fourth-order valence-electron chi connectivity index (χ4n) is 6.23. The van der Waals surface area contributed by atoms with E-state index in [-0.39, 0.29) is 47.4 Å². The van der Waals surface area contributed by atoms with Gasteiger partial charge in [0.25, 0.3) is 5.56 Å². The Morgan fingerprint density at radius 3 is 2.77 bits per heavy atom. The molecule has 1 aromatic rings.